The summed E-state index contributed by atoms with van der Waals surface area (Å²) in [7, 11) is 1.50. The van der Waals surface area contributed by atoms with Crippen molar-refractivity contribution < 1.29 is 14.3 Å². The maximum absolute atomic E-state index is 11.4. The summed E-state index contributed by atoms with van der Waals surface area (Å²) in [4.78, 5) is 13.9. The highest BCUT2D eigenvalue weighted by Gasteiger charge is 2.44. The molecule has 1 N–H and O–H groups in total. The van der Waals surface area contributed by atoms with Crippen LogP contribution >= 0.6 is 0 Å². The molecular weight excluding hydrogens is 268 g/mol. The number of rotatable bonds is 7. The number of carbonyl (C=O) groups is 1. The van der Waals surface area contributed by atoms with E-state index in [1.165, 1.54) is 26.6 Å². The molecule has 2 fully saturated rings. The molecule has 114 valence electrons. The van der Waals surface area contributed by atoms with Gasteiger partial charge in [-0.1, -0.05) is 0 Å². The summed E-state index contributed by atoms with van der Waals surface area (Å²) in [5.41, 5.74) is 0.754. The minimum absolute atomic E-state index is 0.0655. The van der Waals surface area contributed by atoms with Gasteiger partial charge in [0.15, 0.2) is 0 Å². The van der Waals surface area contributed by atoms with Crippen LogP contribution in [0.4, 0.5) is 5.69 Å². The number of hydrogen-bond donors (Lipinski definition) is 1. The van der Waals surface area contributed by atoms with Gasteiger partial charge >= 0.3 is 0 Å². The number of benzene rings is 1. The summed E-state index contributed by atoms with van der Waals surface area (Å²) in [5, 5.41) is 2.75. The molecule has 1 amide bonds. The topological polar surface area (TPSA) is 50.8 Å². The van der Waals surface area contributed by atoms with E-state index >= 15 is 0 Å². The van der Waals surface area contributed by atoms with E-state index in [1.807, 2.05) is 24.3 Å². The maximum atomic E-state index is 11.4. The van der Waals surface area contributed by atoms with E-state index in [2.05, 4.69) is 10.2 Å². The lowest BCUT2D eigenvalue weighted by Crippen LogP contribution is -2.27. The first-order valence-electron chi connectivity index (χ1n) is 7.48. The van der Waals surface area contributed by atoms with Crippen LogP contribution in [0.15, 0.2) is 24.3 Å². The molecule has 0 aromatic heterocycles. The van der Waals surface area contributed by atoms with Gasteiger partial charge in [0.1, 0.15) is 19.0 Å². The minimum atomic E-state index is -0.154. The summed E-state index contributed by atoms with van der Waals surface area (Å²) in [6.45, 7) is 4.28. The van der Waals surface area contributed by atoms with E-state index < -0.39 is 0 Å². The van der Waals surface area contributed by atoms with Crippen LogP contribution in [0.3, 0.4) is 0 Å². The first-order chi connectivity index (χ1) is 10.2. The Morgan fingerprint density at radius 2 is 2.00 bits per heavy atom. The molecule has 0 spiro atoms. The lowest BCUT2D eigenvalue weighted by molar-refractivity contribution is -0.119. The smallest absolute Gasteiger partial charge is 0.250 e. The van der Waals surface area contributed by atoms with Crippen molar-refractivity contribution in [3.63, 3.8) is 0 Å². The summed E-state index contributed by atoms with van der Waals surface area (Å²) < 4.78 is 10.5. The van der Waals surface area contributed by atoms with Gasteiger partial charge in [0.2, 0.25) is 5.91 Å². The van der Waals surface area contributed by atoms with Gasteiger partial charge in [0, 0.05) is 32.4 Å². The van der Waals surface area contributed by atoms with Gasteiger partial charge in [-0.05, 0) is 42.5 Å². The molecule has 2 aliphatic rings. The van der Waals surface area contributed by atoms with Gasteiger partial charge < -0.3 is 14.8 Å². The Hall–Kier alpha value is -1.59. The SMILES string of the molecule is COCC(=O)Nc1ccc(OCCN2C[C@H]3C[C@H]3C2)cc1. The standard InChI is InChI=1S/C16H22N2O3/c1-20-11-16(19)17-14-2-4-15(5-3-14)21-7-6-18-9-12-8-13(12)10-18/h2-5,12-13H,6-11H2,1H3,(H,17,19)/t12-,13+. The summed E-state index contributed by atoms with van der Waals surface area (Å²) in [6, 6.07) is 7.44. The second-order valence-electron chi connectivity index (χ2n) is 5.87. The summed E-state index contributed by atoms with van der Waals surface area (Å²) >= 11 is 0. The van der Waals surface area contributed by atoms with Crippen LogP contribution < -0.4 is 10.1 Å². The van der Waals surface area contributed by atoms with E-state index in [-0.39, 0.29) is 12.5 Å². The molecule has 5 nitrogen and oxygen atoms in total. The van der Waals surface area contributed by atoms with E-state index in [9.17, 15) is 4.79 Å². The van der Waals surface area contributed by atoms with Gasteiger partial charge in [-0.25, -0.2) is 0 Å². The molecule has 1 aliphatic heterocycles. The number of likely N-dealkylation sites (tertiary alicyclic amines) is 1. The summed E-state index contributed by atoms with van der Waals surface area (Å²) in [6.07, 6.45) is 1.44. The predicted molar refractivity (Wildman–Crippen MR) is 80.5 cm³/mol. The number of hydrogen-bond acceptors (Lipinski definition) is 4. The fourth-order valence-electron chi connectivity index (χ4n) is 2.93. The zero-order chi connectivity index (χ0) is 14.7. The van der Waals surface area contributed by atoms with Crippen LogP contribution in [0, 0.1) is 11.8 Å². The van der Waals surface area contributed by atoms with Crippen LogP contribution in [-0.2, 0) is 9.53 Å². The van der Waals surface area contributed by atoms with Gasteiger partial charge in [-0.15, -0.1) is 0 Å². The fraction of sp³-hybridized carbons (Fsp3) is 0.562. The van der Waals surface area contributed by atoms with Crippen LogP contribution in [0.1, 0.15) is 6.42 Å². The van der Waals surface area contributed by atoms with Crippen molar-refractivity contribution in [2.45, 2.75) is 6.42 Å². The van der Waals surface area contributed by atoms with Gasteiger partial charge in [0.25, 0.3) is 0 Å². The average molecular weight is 290 g/mol. The third-order valence-electron chi connectivity index (χ3n) is 4.14. The highest BCUT2D eigenvalue weighted by molar-refractivity contribution is 5.91. The lowest BCUT2D eigenvalue weighted by Gasteiger charge is -2.17. The molecule has 2 atom stereocenters. The van der Waals surface area contributed by atoms with Crippen molar-refractivity contribution in [3.8, 4) is 5.75 Å². The van der Waals surface area contributed by atoms with Crippen LogP contribution in [-0.4, -0.2) is 50.8 Å². The molecule has 0 radical (unpaired) electrons. The number of fused-ring (bicyclic) bond motifs is 1. The quantitative estimate of drug-likeness (QED) is 0.829. The van der Waals surface area contributed by atoms with Crippen molar-refractivity contribution in [2.24, 2.45) is 11.8 Å². The van der Waals surface area contributed by atoms with Crippen LogP contribution in [0.5, 0.6) is 5.75 Å². The average Bonchev–Trinajstić information content (AvgIpc) is 3.08. The van der Waals surface area contributed by atoms with Crippen LogP contribution in [0.25, 0.3) is 0 Å². The molecule has 1 aromatic carbocycles. The Kier molecular flexibility index (Phi) is 4.41. The molecule has 1 heterocycles. The number of methoxy groups -OCH3 is 1. The van der Waals surface area contributed by atoms with E-state index in [1.54, 1.807) is 0 Å². The Morgan fingerprint density at radius 3 is 2.67 bits per heavy atom. The first kappa shape index (κ1) is 14.4. The Balaban J connectivity index is 1.38. The van der Waals surface area contributed by atoms with Crippen molar-refractivity contribution >= 4 is 11.6 Å². The first-order valence-corrected chi connectivity index (χ1v) is 7.48. The third kappa shape index (κ3) is 3.95. The molecule has 0 unspecified atom stereocenters. The van der Waals surface area contributed by atoms with Crippen molar-refractivity contribution in [2.75, 3.05) is 45.3 Å². The van der Waals surface area contributed by atoms with E-state index in [0.29, 0.717) is 0 Å². The number of anilines is 1. The molecule has 1 aliphatic carbocycles. The lowest BCUT2D eigenvalue weighted by atomic mass is 10.3. The largest absolute Gasteiger partial charge is 0.492 e. The Labute approximate surface area is 125 Å². The van der Waals surface area contributed by atoms with Crippen molar-refractivity contribution in [1.29, 1.82) is 0 Å². The Bertz CT molecular complexity index is 479. The molecule has 1 aromatic rings. The second-order valence-corrected chi connectivity index (χ2v) is 5.87. The number of ether oxygens (including phenoxy) is 2. The highest BCUT2D eigenvalue weighted by Crippen LogP contribution is 2.44. The molecule has 5 heteroatoms. The molecule has 1 saturated heterocycles. The predicted octanol–water partition coefficient (Wildman–Crippen LogP) is 1.60. The second kappa shape index (κ2) is 6.45. The molecule has 0 bridgehead atoms. The zero-order valence-corrected chi connectivity index (χ0v) is 12.4. The number of nitrogens with one attached hydrogen (secondary N) is 1. The molecule has 3 rings (SSSR count). The van der Waals surface area contributed by atoms with Gasteiger partial charge in [-0.2, -0.15) is 0 Å². The third-order valence-corrected chi connectivity index (χ3v) is 4.14. The normalized spacial score (nSPS) is 23.7. The number of piperidine rings is 1. The van der Waals surface area contributed by atoms with Crippen molar-refractivity contribution in [3.05, 3.63) is 24.3 Å². The summed E-state index contributed by atoms with van der Waals surface area (Å²) in [5.74, 6) is 2.63. The van der Waals surface area contributed by atoms with E-state index in [0.717, 1.165) is 36.4 Å². The molecule has 1 saturated carbocycles. The minimum Gasteiger partial charge on any atom is -0.492 e. The van der Waals surface area contributed by atoms with E-state index in [4.69, 9.17) is 9.47 Å². The fourth-order valence-corrected chi connectivity index (χ4v) is 2.93. The van der Waals surface area contributed by atoms with Gasteiger partial charge in [-0.3, -0.25) is 9.69 Å². The van der Waals surface area contributed by atoms with Gasteiger partial charge in [0.05, 0.1) is 0 Å². The van der Waals surface area contributed by atoms with Crippen LogP contribution in [0.2, 0.25) is 0 Å². The highest BCUT2D eigenvalue weighted by atomic mass is 16.5. The molecular formula is C16H22N2O3. The number of amides is 1. The monoisotopic (exact) mass is 290 g/mol. The zero-order valence-electron chi connectivity index (χ0n) is 12.4. The molecule has 21 heavy (non-hydrogen) atoms. The number of carbonyl (C=O) groups excluding carboxylic acids is 1. The Morgan fingerprint density at radius 1 is 1.29 bits per heavy atom. The van der Waals surface area contributed by atoms with Crippen molar-refractivity contribution in [1.82, 2.24) is 4.90 Å². The number of nitrogens with zero attached hydrogens (tertiary/aromatic N) is 1. The maximum Gasteiger partial charge on any atom is 0.250 e.